The number of nitrogen functional groups attached to an aromatic ring is 1. The molecule has 6 nitrogen and oxygen atoms in total. The molecule has 0 radical (unpaired) electrons. The van der Waals surface area contributed by atoms with E-state index >= 15 is 0 Å². The smallest absolute Gasteiger partial charge is 0.244 e. The van der Waals surface area contributed by atoms with Crippen LogP contribution in [0.3, 0.4) is 0 Å². The molecular formula is C12H22N4O2. The minimum atomic E-state index is 0.0313. The molecule has 1 heterocycles. The number of nitrogens with two attached hydrogens (primary N) is 1. The molecular weight excluding hydrogens is 232 g/mol. The molecule has 18 heavy (non-hydrogen) atoms. The number of rotatable bonds is 7. The lowest BCUT2D eigenvalue weighted by atomic mass is 10.2. The Bertz CT molecular complexity index is 376. The van der Waals surface area contributed by atoms with Crippen LogP contribution in [-0.2, 0) is 16.1 Å². The molecule has 0 atom stereocenters. The summed E-state index contributed by atoms with van der Waals surface area (Å²) in [6.45, 7) is 6.24. The molecule has 2 N–H and O–H groups in total. The summed E-state index contributed by atoms with van der Waals surface area (Å²) in [4.78, 5) is 13.9. The minimum Gasteiger partial charge on any atom is -0.396 e. The van der Waals surface area contributed by atoms with Crippen molar-refractivity contribution < 1.29 is 9.53 Å². The maximum absolute atomic E-state index is 12.1. The number of ether oxygens (including phenoxy) is 1. The lowest BCUT2D eigenvalue weighted by molar-refractivity contribution is -0.133. The topological polar surface area (TPSA) is 73.4 Å². The highest BCUT2D eigenvalue weighted by atomic mass is 16.5. The molecule has 0 saturated carbocycles. The first-order chi connectivity index (χ1) is 8.52. The van der Waals surface area contributed by atoms with E-state index in [1.165, 1.54) is 6.20 Å². The van der Waals surface area contributed by atoms with Crippen LogP contribution in [0.4, 0.5) is 5.69 Å². The lowest BCUT2D eigenvalue weighted by Gasteiger charge is -2.24. The van der Waals surface area contributed by atoms with Crippen LogP contribution in [0.5, 0.6) is 0 Å². The molecule has 1 aromatic heterocycles. The number of carbonyl (C=O) groups excluding carboxylic acids is 1. The van der Waals surface area contributed by atoms with E-state index in [-0.39, 0.29) is 12.5 Å². The summed E-state index contributed by atoms with van der Waals surface area (Å²) in [5.41, 5.74) is 6.13. The van der Waals surface area contributed by atoms with E-state index in [0.29, 0.717) is 24.8 Å². The third-order valence-electron chi connectivity index (χ3n) is 2.45. The van der Waals surface area contributed by atoms with E-state index in [0.717, 1.165) is 6.54 Å². The minimum absolute atomic E-state index is 0.0313. The molecule has 1 amide bonds. The Morgan fingerprint density at radius 1 is 1.61 bits per heavy atom. The van der Waals surface area contributed by atoms with Crippen molar-refractivity contribution in [3.63, 3.8) is 0 Å². The van der Waals surface area contributed by atoms with Crippen molar-refractivity contribution in [2.75, 3.05) is 32.5 Å². The van der Waals surface area contributed by atoms with Gasteiger partial charge in [0.2, 0.25) is 5.91 Å². The Balaban J connectivity index is 2.57. The van der Waals surface area contributed by atoms with Crippen LogP contribution in [0.1, 0.15) is 13.8 Å². The van der Waals surface area contributed by atoms with Crippen molar-refractivity contribution in [3.8, 4) is 0 Å². The molecule has 0 aromatic carbocycles. The number of nitrogens with zero attached hydrogens (tertiary/aromatic N) is 3. The van der Waals surface area contributed by atoms with Gasteiger partial charge in [-0.1, -0.05) is 13.8 Å². The van der Waals surface area contributed by atoms with Crippen molar-refractivity contribution in [1.29, 1.82) is 0 Å². The summed E-state index contributed by atoms with van der Waals surface area (Å²) < 4.78 is 6.58. The zero-order chi connectivity index (χ0) is 13.5. The third-order valence-corrected chi connectivity index (χ3v) is 2.45. The summed E-state index contributed by atoms with van der Waals surface area (Å²) in [7, 11) is 1.63. The first-order valence-electron chi connectivity index (χ1n) is 6.07. The predicted molar refractivity (Wildman–Crippen MR) is 69.9 cm³/mol. The Morgan fingerprint density at radius 3 is 2.83 bits per heavy atom. The molecule has 0 aliphatic carbocycles. The van der Waals surface area contributed by atoms with E-state index in [9.17, 15) is 4.79 Å². The monoisotopic (exact) mass is 254 g/mol. The number of anilines is 1. The van der Waals surface area contributed by atoms with Crippen LogP contribution in [0.15, 0.2) is 12.4 Å². The maximum atomic E-state index is 12.1. The fourth-order valence-electron chi connectivity index (χ4n) is 1.66. The second-order valence-corrected chi connectivity index (χ2v) is 4.70. The summed E-state index contributed by atoms with van der Waals surface area (Å²) in [6.07, 6.45) is 3.19. The number of carbonyl (C=O) groups is 1. The van der Waals surface area contributed by atoms with Gasteiger partial charge in [0.1, 0.15) is 6.54 Å². The third kappa shape index (κ3) is 4.75. The van der Waals surface area contributed by atoms with Crippen molar-refractivity contribution in [2.24, 2.45) is 5.92 Å². The Morgan fingerprint density at radius 2 is 2.33 bits per heavy atom. The summed E-state index contributed by atoms with van der Waals surface area (Å²) in [5, 5.41) is 4.01. The van der Waals surface area contributed by atoms with Gasteiger partial charge in [0.05, 0.1) is 18.5 Å². The molecule has 1 aromatic rings. The molecule has 0 fully saturated rings. The molecule has 0 aliphatic heterocycles. The lowest BCUT2D eigenvalue weighted by Crippen LogP contribution is -2.38. The van der Waals surface area contributed by atoms with Gasteiger partial charge < -0.3 is 15.4 Å². The van der Waals surface area contributed by atoms with Crippen LogP contribution in [-0.4, -0.2) is 47.4 Å². The largest absolute Gasteiger partial charge is 0.396 e. The molecule has 102 valence electrons. The van der Waals surface area contributed by atoms with Gasteiger partial charge in [-0.2, -0.15) is 5.10 Å². The van der Waals surface area contributed by atoms with Crippen LogP contribution in [0.2, 0.25) is 0 Å². The Labute approximate surface area is 108 Å². The van der Waals surface area contributed by atoms with Gasteiger partial charge in [0.15, 0.2) is 0 Å². The molecule has 0 spiro atoms. The highest BCUT2D eigenvalue weighted by molar-refractivity contribution is 5.76. The van der Waals surface area contributed by atoms with Gasteiger partial charge in [0, 0.05) is 26.4 Å². The van der Waals surface area contributed by atoms with Crippen LogP contribution < -0.4 is 5.73 Å². The number of aromatic nitrogens is 2. The first-order valence-corrected chi connectivity index (χ1v) is 6.07. The van der Waals surface area contributed by atoms with Crippen molar-refractivity contribution in [1.82, 2.24) is 14.7 Å². The van der Waals surface area contributed by atoms with Gasteiger partial charge in [0.25, 0.3) is 0 Å². The molecule has 0 aliphatic rings. The fraction of sp³-hybridized carbons (Fsp3) is 0.667. The van der Waals surface area contributed by atoms with E-state index in [4.69, 9.17) is 10.5 Å². The molecule has 0 saturated heterocycles. The Kier molecular flexibility index (Phi) is 5.64. The van der Waals surface area contributed by atoms with Crippen molar-refractivity contribution in [2.45, 2.75) is 20.4 Å². The molecule has 6 heteroatoms. The van der Waals surface area contributed by atoms with E-state index < -0.39 is 0 Å². The van der Waals surface area contributed by atoms with Gasteiger partial charge in [-0.05, 0) is 5.92 Å². The van der Waals surface area contributed by atoms with E-state index in [1.807, 2.05) is 0 Å². The van der Waals surface area contributed by atoms with E-state index in [1.54, 1.807) is 22.9 Å². The quantitative estimate of drug-likeness (QED) is 0.773. The molecule has 0 bridgehead atoms. The van der Waals surface area contributed by atoms with E-state index in [2.05, 4.69) is 18.9 Å². The first kappa shape index (κ1) is 14.5. The molecule has 1 rings (SSSR count). The highest BCUT2D eigenvalue weighted by Crippen LogP contribution is 2.03. The summed E-state index contributed by atoms with van der Waals surface area (Å²) in [6, 6.07) is 0. The van der Waals surface area contributed by atoms with Crippen molar-refractivity contribution >= 4 is 11.6 Å². The zero-order valence-electron chi connectivity index (χ0n) is 11.3. The van der Waals surface area contributed by atoms with Gasteiger partial charge in [-0.3, -0.25) is 9.48 Å². The van der Waals surface area contributed by atoms with Crippen LogP contribution in [0.25, 0.3) is 0 Å². The van der Waals surface area contributed by atoms with Crippen LogP contribution >= 0.6 is 0 Å². The number of methoxy groups -OCH3 is 1. The maximum Gasteiger partial charge on any atom is 0.244 e. The highest BCUT2D eigenvalue weighted by Gasteiger charge is 2.15. The standard InChI is InChI=1S/C12H22N4O2/c1-10(2)7-15(4-5-18-3)12(17)9-16-8-11(13)6-14-16/h6,8,10H,4-5,7,9,13H2,1-3H3. The summed E-state index contributed by atoms with van der Waals surface area (Å²) in [5.74, 6) is 0.456. The zero-order valence-corrected chi connectivity index (χ0v) is 11.3. The summed E-state index contributed by atoms with van der Waals surface area (Å²) >= 11 is 0. The number of amides is 1. The van der Waals surface area contributed by atoms with Crippen LogP contribution in [0, 0.1) is 5.92 Å². The SMILES string of the molecule is COCCN(CC(C)C)C(=O)Cn1cc(N)cn1. The fourth-order valence-corrected chi connectivity index (χ4v) is 1.66. The molecule has 0 unspecified atom stereocenters. The van der Waals surface area contributed by atoms with Gasteiger partial charge >= 0.3 is 0 Å². The Hall–Kier alpha value is -1.56. The number of hydrogen-bond acceptors (Lipinski definition) is 4. The average molecular weight is 254 g/mol. The van der Waals surface area contributed by atoms with Crippen molar-refractivity contribution in [3.05, 3.63) is 12.4 Å². The van der Waals surface area contributed by atoms with Gasteiger partial charge in [-0.25, -0.2) is 0 Å². The second-order valence-electron chi connectivity index (χ2n) is 4.70. The van der Waals surface area contributed by atoms with Gasteiger partial charge in [-0.15, -0.1) is 0 Å². The predicted octanol–water partition coefficient (Wildman–Crippen LogP) is 0.596. The average Bonchev–Trinajstić information content (AvgIpc) is 2.69. The normalized spacial score (nSPS) is 10.9. The number of hydrogen-bond donors (Lipinski definition) is 1. The second kappa shape index (κ2) is 7.00.